The number of rotatable bonds is 8. The summed E-state index contributed by atoms with van der Waals surface area (Å²) in [6.07, 6.45) is -3.09. The van der Waals surface area contributed by atoms with Gasteiger partial charge in [-0.25, -0.2) is 3.97 Å². The van der Waals surface area contributed by atoms with Crippen LogP contribution >= 0.6 is 11.3 Å². The lowest BCUT2D eigenvalue weighted by Gasteiger charge is -2.07. The number of aromatic nitrogens is 1. The molecule has 0 saturated carbocycles. The van der Waals surface area contributed by atoms with E-state index < -0.39 is 27.7 Å². The Hall–Kier alpha value is -3.31. The molecule has 0 amide bonds. The summed E-state index contributed by atoms with van der Waals surface area (Å²) in [5.41, 5.74) is 0.598. The largest absolute Gasteiger partial charge is 0.494 e. The van der Waals surface area contributed by atoms with Gasteiger partial charge in [0.2, 0.25) is 0 Å². The van der Waals surface area contributed by atoms with Crippen molar-refractivity contribution in [2.45, 2.75) is 30.2 Å². The highest BCUT2D eigenvalue weighted by atomic mass is 32.2. The van der Waals surface area contributed by atoms with Crippen LogP contribution in [-0.4, -0.2) is 30.1 Å². The highest BCUT2D eigenvalue weighted by Gasteiger charge is 2.30. The molecule has 0 unspecified atom stereocenters. The predicted octanol–water partition coefficient (Wildman–Crippen LogP) is 6.04. The van der Waals surface area contributed by atoms with E-state index >= 15 is 0 Å². The minimum Gasteiger partial charge on any atom is -0.494 e. The Labute approximate surface area is 203 Å². The van der Waals surface area contributed by atoms with Gasteiger partial charge in [-0.1, -0.05) is 12.1 Å². The summed E-state index contributed by atoms with van der Waals surface area (Å²) in [7, 11) is -4.06. The number of thiophene rings is 1. The Morgan fingerprint density at radius 3 is 2.43 bits per heavy atom. The summed E-state index contributed by atoms with van der Waals surface area (Å²) in [6, 6.07) is 12.4. The molecular weight excluding hydrogens is 503 g/mol. The van der Waals surface area contributed by atoms with Crippen LogP contribution in [0, 0.1) is 0 Å². The number of hydrogen-bond donors (Lipinski definition) is 1. The van der Waals surface area contributed by atoms with Crippen LogP contribution < -0.4 is 4.74 Å². The van der Waals surface area contributed by atoms with Gasteiger partial charge in [-0.15, -0.1) is 11.3 Å². The lowest BCUT2D eigenvalue weighted by atomic mass is 10.1. The normalized spacial score (nSPS) is 12.2. The molecule has 0 fully saturated rings. The first-order valence-electron chi connectivity index (χ1n) is 10.5. The van der Waals surface area contributed by atoms with Gasteiger partial charge < -0.3 is 9.84 Å². The minimum absolute atomic E-state index is 0.00275. The van der Waals surface area contributed by atoms with Crippen LogP contribution in [0.4, 0.5) is 13.2 Å². The molecule has 0 saturated heterocycles. The van der Waals surface area contributed by atoms with E-state index in [-0.39, 0.29) is 17.1 Å². The number of nitrogens with zero attached hydrogens (tertiary/aromatic N) is 1. The Bertz CT molecular complexity index is 1490. The fourth-order valence-electron chi connectivity index (χ4n) is 3.68. The molecule has 1 N–H and O–H groups in total. The van der Waals surface area contributed by atoms with E-state index in [0.717, 1.165) is 27.4 Å². The molecule has 11 heteroatoms. The molecule has 4 aromatic rings. The van der Waals surface area contributed by atoms with E-state index in [1.54, 1.807) is 24.3 Å². The molecule has 184 valence electrons. The van der Waals surface area contributed by atoms with Crippen molar-refractivity contribution >= 4 is 38.2 Å². The van der Waals surface area contributed by atoms with Crippen LogP contribution in [-0.2, 0) is 27.4 Å². The topological polar surface area (TPSA) is 85.6 Å². The Balaban J connectivity index is 1.74. The van der Waals surface area contributed by atoms with Crippen molar-refractivity contribution < 1.29 is 36.2 Å². The molecule has 2 aromatic heterocycles. The summed E-state index contributed by atoms with van der Waals surface area (Å²) >= 11 is 0.940. The van der Waals surface area contributed by atoms with Gasteiger partial charge in [0.1, 0.15) is 9.96 Å². The number of ether oxygens (including phenoxy) is 1. The van der Waals surface area contributed by atoms with E-state index in [1.165, 1.54) is 24.4 Å². The van der Waals surface area contributed by atoms with Crippen molar-refractivity contribution in [2.24, 2.45) is 0 Å². The van der Waals surface area contributed by atoms with Crippen molar-refractivity contribution in [1.82, 2.24) is 3.97 Å². The van der Waals surface area contributed by atoms with Crippen LogP contribution in [0.15, 0.2) is 65.0 Å². The van der Waals surface area contributed by atoms with E-state index in [0.29, 0.717) is 39.3 Å². The second-order valence-electron chi connectivity index (χ2n) is 7.65. The lowest BCUT2D eigenvalue weighted by molar-refractivity contribution is -0.138. The van der Waals surface area contributed by atoms with Gasteiger partial charge in [0.25, 0.3) is 10.0 Å². The number of halogens is 3. The zero-order chi connectivity index (χ0) is 25.4. The Morgan fingerprint density at radius 1 is 1.09 bits per heavy atom. The molecule has 6 nitrogen and oxygen atoms in total. The van der Waals surface area contributed by atoms with Crippen molar-refractivity contribution in [2.75, 3.05) is 6.61 Å². The predicted molar refractivity (Wildman–Crippen MR) is 126 cm³/mol. The number of alkyl halides is 3. The molecule has 35 heavy (non-hydrogen) atoms. The molecule has 0 atom stereocenters. The van der Waals surface area contributed by atoms with Crippen molar-refractivity contribution in [3.63, 3.8) is 0 Å². The number of hydrogen-bond acceptors (Lipinski definition) is 5. The van der Waals surface area contributed by atoms with Crippen molar-refractivity contribution in [3.8, 4) is 16.2 Å². The smallest absolute Gasteiger partial charge is 0.416 e. The maximum absolute atomic E-state index is 13.5. The number of aliphatic carboxylic acids is 1. The molecule has 0 aliphatic carbocycles. The highest BCUT2D eigenvalue weighted by Crippen LogP contribution is 2.36. The van der Waals surface area contributed by atoms with Crippen LogP contribution in [0.5, 0.6) is 5.75 Å². The third-order valence-corrected chi connectivity index (χ3v) is 8.61. The first-order chi connectivity index (χ1) is 16.5. The molecule has 0 radical (unpaired) electrons. The number of aryl methyl sites for hydroxylation is 1. The van der Waals surface area contributed by atoms with E-state index in [9.17, 15) is 26.4 Å². The van der Waals surface area contributed by atoms with E-state index in [1.807, 2.05) is 6.92 Å². The average Bonchev–Trinajstić information content (AvgIpc) is 3.44. The van der Waals surface area contributed by atoms with E-state index in [4.69, 9.17) is 9.84 Å². The van der Waals surface area contributed by atoms with Gasteiger partial charge in [-0.05, 0) is 66.9 Å². The number of carboxylic acids is 1. The van der Waals surface area contributed by atoms with Crippen LogP contribution in [0.2, 0.25) is 0 Å². The van der Waals surface area contributed by atoms with Gasteiger partial charge in [0, 0.05) is 22.9 Å². The Kier molecular flexibility index (Phi) is 6.65. The monoisotopic (exact) mass is 523 g/mol. The Morgan fingerprint density at radius 2 is 1.80 bits per heavy atom. The zero-order valence-electron chi connectivity index (χ0n) is 18.4. The lowest BCUT2D eigenvalue weighted by Crippen LogP contribution is -2.10. The second kappa shape index (κ2) is 9.38. The number of benzene rings is 2. The first kappa shape index (κ1) is 24.8. The van der Waals surface area contributed by atoms with Gasteiger partial charge in [-0.2, -0.15) is 21.6 Å². The van der Waals surface area contributed by atoms with Gasteiger partial charge >= 0.3 is 12.1 Å². The summed E-state index contributed by atoms with van der Waals surface area (Å²) in [6.45, 7) is 2.23. The maximum Gasteiger partial charge on any atom is 0.416 e. The maximum atomic E-state index is 13.5. The van der Waals surface area contributed by atoms with Crippen molar-refractivity contribution in [1.29, 1.82) is 0 Å². The van der Waals surface area contributed by atoms with Gasteiger partial charge in [0.05, 0.1) is 17.7 Å². The minimum atomic E-state index is -4.46. The van der Waals surface area contributed by atoms with E-state index in [2.05, 4.69) is 0 Å². The molecular formula is C24H20F3NO5S2. The quantitative estimate of drug-likeness (QED) is 0.304. The first-order valence-corrected chi connectivity index (χ1v) is 12.8. The molecule has 0 aliphatic heterocycles. The number of carbonyl (C=O) groups is 1. The molecule has 2 heterocycles. The fraction of sp³-hybridized carbons (Fsp3) is 0.208. The molecule has 0 aliphatic rings. The molecule has 4 rings (SSSR count). The summed E-state index contributed by atoms with van der Waals surface area (Å²) in [5, 5.41) is 9.66. The third-order valence-electron chi connectivity index (χ3n) is 5.33. The average molecular weight is 524 g/mol. The SMILES string of the molecule is CCOc1ccc2c(c1)c(CCC(=O)O)cn2S(=O)(=O)c1ccc(-c2ccc(C(F)(F)F)cc2)s1. The standard InChI is InChI=1S/C24H20F3NO5S2/c1-2-33-18-8-9-20-19(13-18)16(5-11-22(29)30)14-28(20)35(31,32)23-12-10-21(34-23)15-3-6-17(7-4-15)24(25,26)27/h3-4,6-10,12-14H,2,5,11H2,1H3,(H,29,30). The summed E-state index contributed by atoms with van der Waals surface area (Å²) in [5.74, 6) is -0.471. The van der Waals surface area contributed by atoms with Crippen LogP contribution in [0.25, 0.3) is 21.3 Å². The summed E-state index contributed by atoms with van der Waals surface area (Å²) in [4.78, 5) is 11.6. The zero-order valence-corrected chi connectivity index (χ0v) is 20.0. The van der Waals surface area contributed by atoms with Crippen LogP contribution in [0.1, 0.15) is 24.5 Å². The third kappa shape index (κ3) is 5.06. The summed E-state index contributed by atoms with van der Waals surface area (Å²) < 4.78 is 72.2. The molecule has 2 aromatic carbocycles. The molecule has 0 bridgehead atoms. The highest BCUT2D eigenvalue weighted by molar-refractivity contribution is 7.92. The number of carboxylic acid groups (broad SMARTS) is 1. The van der Waals surface area contributed by atoms with Crippen molar-refractivity contribution in [3.05, 3.63) is 71.9 Å². The fourth-order valence-corrected chi connectivity index (χ4v) is 6.47. The van der Waals surface area contributed by atoms with Gasteiger partial charge in [0.15, 0.2) is 0 Å². The van der Waals surface area contributed by atoms with Crippen LogP contribution in [0.3, 0.4) is 0 Å². The second-order valence-corrected chi connectivity index (χ2v) is 10.8. The number of fused-ring (bicyclic) bond motifs is 1. The van der Waals surface area contributed by atoms with Gasteiger partial charge in [-0.3, -0.25) is 4.79 Å². The molecule has 0 spiro atoms.